The van der Waals surface area contributed by atoms with Gasteiger partial charge in [-0.15, -0.1) is 0 Å². The molecule has 2 heteroatoms. The number of aromatic nitrogens is 1. The van der Waals surface area contributed by atoms with Gasteiger partial charge in [0, 0.05) is 24.7 Å². The van der Waals surface area contributed by atoms with Gasteiger partial charge in [0.1, 0.15) is 5.82 Å². The number of hydrogen-bond acceptors (Lipinski definition) is 2. The van der Waals surface area contributed by atoms with Gasteiger partial charge < -0.3 is 4.90 Å². The average molecular weight is 252 g/mol. The zero-order valence-electron chi connectivity index (χ0n) is 11.6. The van der Waals surface area contributed by atoms with Crippen molar-refractivity contribution in [3.8, 4) is 0 Å². The molecule has 0 spiro atoms. The fourth-order valence-electron chi connectivity index (χ4n) is 3.99. The summed E-state index contributed by atoms with van der Waals surface area (Å²) in [6, 6.07) is 10.7. The van der Waals surface area contributed by atoms with Gasteiger partial charge in [0.05, 0.1) is 0 Å². The van der Waals surface area contributed by atoms with Crippen LogP contribution in [0.15, 0.2) is 36.5 Å². The summed E-state index contributed by atoms with van der Waals surface area (Å²) in [6.45, 7) is 7.14. The minimum absolute atomic E-state index is 0.849. The summed E-state index contributed by atoms with van der Waals surface area (Å²) in [4.78, 5) is 7.11. The zero-order chi connectivity index (χ0) is 13.0. The predicted molar refractivity (Wildman–Crippen MR) is 79.3 cm³/mol. The molecular formula is C17H20N2. The molecule has 2 aliphatic rings. The molecule has 0 amide bonds. The maximum atomic E-state index is 4.64. The number of rotatable bonds is 2. The summed E-state index contributed by atoms with van der Waals surface area (Å²) in [5.41, 5.74) is 0. The van der Waals surface area contributed by atoms with Gasteiger partial charge in [-0.25, -0.2) is 4.98 Å². The van der Waals surface area contributed by atoms with E-state index < -0.39 is 0 Å². The van der Waals surface area contributed by atoms with Gasteiger partial charge in [-0.1, -0.05) is 38.1 Å². The van der Waals surface area contributed by atoms with Crippen LogP contribution in [0, 0.1) is 23.7 Å². The van der Waals surface area contributed by atoms with Crippen LogP contribution in [0.2, 0.25) is 0 Å². The molecule has 1 saturated carbocycles. The Balaban J connectivity index is 1.57. The SMILES string of the molecule is CC(C)C1C2CN(c3cc4ccccc4cn3)CC21. The summed E-state index contributed by atoms with van der Waals surface area (Å²) in [5.74, 6) is 4.83. The molecule has 1 aliphatic carbocycles. The lowest BCUT2D eigenvalue weighted by Crippen LogP contribution is -2.25. The summed E-state index contributed by atoms with van der Waals surface area (Å²) >= 11 is 0. The first kappa shape index (κ1) is 11.3. The Morgan fingerprint density at radius 3 is 2.47 bits per heavy atom. The molecule has 1 saturated heterocycles. The zero-order valence-corrected chi connectivity index (χ0v) is 11.6. The van der Waals surface area contributed by atoms with E-state index in [1.807, 2.05) is 6.20 Å². The van der Waals surface area contributed by atoms with E-state index >= 15 is 0 Å². The van der Waals surface area contributed by atoms with Crippen molar-refractivity contribution in [1.82, 2.24) is 4.98 Å². The highest BCUT2D eigenvalue weighted by Gasteiger charge is 2.56. The molecule has 1 aromatic carbocycles. The van der Waals surface area contributed by atoms with Crippen LogP contribution in [-0.2, 0) is 0 Å². The molecule has 98 valence electrons. The molecule has 1 aliphatic heterocycles. The highest BCUT2D eigenvalue weighted by molar-refractivity contribution is 5.84. The summed E-state index contributed by atoms with van der Waals surface area (Å²) in [7, 11) is 0. The maximum absolute atomic E-state index is 4.64. The normalized spacial score (nSPS) is 29.0. The summed E-state index contributed by atoms with van der Waals surface area (Å²) < 4.78 is 0. The summed E-state index contributed by atoms with van der Waals surface area (Å²) in [6.07, 6.45) is 2.01. The number of benzene rings is 1. The van der Waals surface area contributed by atoms with Crippen LogP contribution in [0.25, 0.3) is 10.8 Å². The number of piperidine rings is 1. The Bertz CT molecular complexity index is 607. The van der Waals surface area contributed by atoms with E-state index in [9.17, 15) is 0 Å². The van der Waals surface area contributed by atoms with Crippen molar-refractivity contribution in [2.75, 3.05) is 18.0 Å². The molecule has 2 fully saturated rings. The lowest BCUT2D eigenvalue weighted by Gasteiger charge is -2.22. The van der Waals surface area contributed by atoms with Crippen molar-refractivity contribution in [2.24, 2.45) is 23.7 Å². The quantitative estimate of drug-likeness (QED) is 0.812. The summed E-state index contributed by atoms with van der Waals surface area (Å²) in [5, 5.41) is 2.53. The molecule has 0 N–H and O–H groups in total. The largest absolute Gasteiger partial charge is 0.356 e. The monoisotopic (exact) mass is 252 g/mol. The van der Waals surface area contributed by atoms with E-state index in [-0.39, 0.29) is 0 Å². The molecule has 2 heterocycles. The smallest absolute Gasteiger partial charge is 0.129 e. The van der Waals surface area contributed by atoms with Crippen molar-refractivity contribution in [3.05, 3.63) is 36.5 Å². The van der Waals surface area contributed by atoms with Crippen LogP contribution in [-0.4, -0.2) is 18.1 Å². The highest BCUT2D eigenvalue weighted by Crippen LogP contribution is 2.55. The lowest BCUT2D eigenvalue weighted by atomic mass is 10.0. The molecule has 1 aromatic heterocycles. The number of anilines is 1. The topological polar surface area (TPSA) is 16.1 Å². The van der Waals surface area contributed by atoms with Gasteiger partial charge in [0.2, 0.25) is 0 Å². The third kappa shape index (κ3) is 1.73. The first-order chi connectivity index (χ1) is 9.24. The lowest BCUT2D eigenvalue weighted by molar-refractivity contribution is 0.479. The molecule has 2 aromatic rings. The molecule has 0 bridgehead atoms. The van der Waals surface area contributed by atoms with E-state index in [1.54, 1.807) is 0 Å². The highest BCUT2D eigenvalue weighted by atomic mass is 15.2. The molecule has 4 rings (SSSR count). The second kappa shape index (κ2) is 3.96. The van der Waals surface area contributed by atoms with Crippen LogP contribution < -0.4 is 4.90 Å². The third-order valence-corrected chi connectivity index (χ3v) is 4.97. The van der Waals surface area contributed by atoms with E-state index in [0.29, 0.717) is 0 Å². The van der Waals surface area contributed by atoms with Gasteiger partial charge in [0.25, 0.3) is 0 Å². The molecule has 19 heavy (non-hydrogen) atoms. The van der Waals surface area contributed by atoms with Gasteiger partial charge in [-0.3, -0.25) is 0 Å². The first-order valence-corrected chi connectivity index (χ1v) is 7.34. The third-order valence-electron chi connectivity index (χ3n) is 4.97. The number of nitrogens with zero attached hydrogens (tertiary/aromatic N) is 2. The number of hydrogen-bond donors (Lipinski definition) is 0. The first-order valence-electron chi connectivity index (χ1n) is 7.34. The van der Waals surface area contributed by atoms with E-state index in [2.05, 4.69) is 54.1 Å². The van der Waals surface area contributed by atoms with E-state index in [4.69, 9.17) is 0 Å². The predicted octanol–water partition coefficient (Wildman–Crippen LogP) is 3.57. The molecule has 2 atom stereocenters. The van der Waals surface area contributed by atoms with Crippen LogP contribution in [0.4, 0.5) is 5.82 Å². The second-order valence-corrected chi connectivity index (χ2v) is 6.44. The van der Waals surface area contributed by atoms with Crippen molar-refractivity contribution >= 4 is 16.6 Å². The maximum Gasteiger partial charge on any atom is 0.129 e. The Morgan fingerprint density at radius 1 is 1.11 bits per heavy atom. The van der Waals surface area contributed by atoms with Crippen molar-refractivity contribution in [3.63, 3.8) is 0 Å². The van der Waals surface area contributed by atoms with Crippen LogP contribution in [0.1, 0.15) is 13.8 Å². The Morgan fingerprint density at radius 2 is 1.79 bits per heavy atom. The van der Waals surface area contributed by atoms with Crippen LogP contribution in [0.3, 0.4) is 0 Å². The Kier molecular flexibility index (Phi) is 2.35. The minimum atomic E-state index is 0.849. The van der Waals surface area contributed by atoms with Gasteiger partial charge in [-0.2, -0.15) is 0 Å². The Labute approximate surface area is 114 Å². The van der Waals surface area contributed by atoms with Crippen molar-refractivity contribution in [2.45, 2.75) is 13.8 Å². The molecule has 0 radical (unpaired) electrons. The minimum Gasteiger partial charge on any atom is -0.356 e. The van der Waals surface area contributed by atoms with Gasteiger partial charge >= 0.3 is 0 Å². The second-order valence-electron chi connectivity index (χ2n) is 6.44. The fraction of sp³-hybridized carbons (Fsp3) is 0.471. The van der Waals surface area contributed by atoms with E-state index in [1.165, 1.54) is 23.9 Å². The molecular weight excluding hydrogens is 232 g/mol. The van der Waals surface area contributed by atoms with Gasteiger partial charge in [-0.05, 0) is 35.1 Å². The molecule has 2 nitrogen and oxygen atoms in total. The fourth-order valence-corrected chi connectivity index (χ4v) is 3.99. The van der Waals surface area contributed by atoms with Gasteiger partial charge in [0.15, 0.2) is 0 Å². The average Bonchev–Trinajstić information content (AvgIpc) is 2.94. The van der Waals surface area contributed by atoms with Crippen LogP contribution in [0.5, 0.6) is 0 Å². The van der Waals surface area contributed by atoms with E-state index in [0.717, 1.165) is 29.5 Å². The van der Waals surface area contributed by atoms with Crippen molar-refractivity contribution < 1.29 is 0 Å². The number of pyridine rings is 1. The number of fused-ring (bicyclic) bond motifs is 2. The van der Waals surface area contributed by atoms with Crippen molar-refractivity contribution in [1.29, 1.82) is 0 Å². The van der Waals surface area contributed by atoms with Crippen LogP contribution >= 0.6 is 0 Å². The molecule has 2 unspecified atom stereocenters. The standard InChI is InChI=1S/C17H20N2/c1-11(2)17-14-9-19(10-15(14)17)16-7-12-5-3-4-6-13(12)8-18-16/h3-8,11,14-15,17H,9-10H2,1-2H3. The Hall–Kier alpha value is -1.57.